The van der Waals surface area contributed by atoms with Crippen LogP contribution in [0.15, 0.2) is 18.2 Å². The summed E-state index contributed by atoms with van der Waals surface area (Å²) in [6.07, 6.45) is 1.47. The first-order chi connectivity index (χ1) is 8.35. The van der Waals surface area contributed by atoms with Crippen LogP contribution in [0.2, 0.25) is 10.0 Å². The zero-order valence-corrected chi connectivity index (χ0v) is 12.0. The second kappa shape index (κ2) is 6.41. The molecule has 2 N–H and O–H groups in total. The molecule has 1 amide bonds. The molecule has 18 heavy (non-hydrogen) atoms. The number of amides is 1. The van der Waals surface area contributed by atoms with E-state index in [1.165, 1.54) is 6.07 Å². The molecule has 1 atom stereocenters. The molecule has 1 rings (SSSR count). The molecule has 3 nitrogen and oxygen atoms in total. The van der Waals surface area contributed by atoms with Crippen molar-refractivity contribution < 1.29 is 9.90 Å². The van der Waals surface area contributed by atoms with Gasteiger partial charge in [0.15, 0.2) is 0 Å². The van der Waals surface area contributed by atoms with Gasteiger partial charge in [-0.05, 0) is 31.5 Å². The van der Waals surface area contributed by atoms with Crippen molar-refractivity contribution >= 4 is 29.1 Å². The Hall–Kier alpha value is -0.770. The lowest BCUT2D eigenvalue weighted by Gasteiger charge is -2.23. The summed E-state index contributed by atoms with van der Waals surface area (Å²) in [5, 5.41) is 13.4. The van der Waals surface area contributed by atoms with Crippen LogP contribution in [0, 0.1) is 0 Å². The van der Waals surface area contributed by atoms with Crippen LogP contribution in [0.1, 0.15) is 37.0 Å². The lowest BCUT2D eigenvalue weighted by molar-refractivity contribution is 0.0469. The molecule has 5 heteroatoms. The van der Waals surface area contributed by atoms with Gasteiger partial charge in [-0.3, -0.25) is 4.79 Å². The predicted molar refractivity (Wildman–Crippen MR) is 74.3 cm³/mol. The summed E-state index contributed by atoms with van der Waals surface area (Å²) in [7, 11) is 0. The normalized spacial score (nSPS) is 14.1. The highest BCUT2D eigenvalue weighted by molar-refractivity contribution is 6.35. The number of hydrogen-bond acceptors (Lipinski definition) is 2. The number of hydrogen-bond donors (Lipinski definition) is 2. The van der Waals surface area contributed by atoms with Crippen LogP contribution in [0.25, 0.3) is 0 Å². The average molecular weight is 290 g/mol. The Kier molecular flexibility index (Phi) is 5.45. The SMILES string of the molecule is CCCC(C)(O)CNC(=O)c1cc(Cl)ccc1Cl. The number of halogens is 2. The molecule has 0 saturated carbocycles. The molecular weight excluding hydrogens is 273 g/mol. The van der Waals surface area contributed by atoms with Gasteiger partial charge in [0.1, 0.15) is 0 Å². The van der Waals surface area contributed by atoms with E-state index < -0.39 is 5.60 Å². The van der Waals surface area contributed by atoms with Crippen molar-refractivity contribution in [1.29, 1.82) is 0 Å². The number of benzene rings is 1. The van der Waals surface area contributed by atoms with Gasteiger partial charge in [-0.15, -0.1) is 0 Å². The fraction of sp³-hybridized carbons (Fsp3) is 0.462. The Labute approximate surface area is 117 Å². The lowest BCUT2D eigenvalue weighted by atomic mass is 10.0. The Morgan fingerprint density at radius 2 is 2.11 bits per heavy atom. The van der Waals surface area contributed by atoms with Crippen molar-refractivity contribution in [2.45, 2.75) is 32.3 Å². The van der Waals surface area contributed by atoms with Crippen LogP contribution in [0.4, 0.5) is 0 Å². The van der Waals surface area contributed by atoms with Crippen LogP contribution in [0.3, 0.4) is 0 Å². The van der Waals surface area contributed by atoms with Crippen LogP contribution >= 0.6 is 23.2 Å². The van der Waals surface area contributed by atoms with Gasteiger partial charge >= 0.3 is 0 Å². The van der Waals surface area contributed by atoms with Gasteiger partial charge in [0.25, 0.3) is 5.91 Å². The first-order valence-electron chi connectivity index (χ1n) is 5.81. The molecule has 0 aliphatic heterocycles. The molecule has 0 aliphatic carbocycles. The van der Waals surface area contributed by atoms with Gasteiger partial charge in [0, 0.05) is 11.6 Å². The Balaban J connectivity index is 2.69. The van der Waals surface area contributed by atoms with E-state index in [4.69, 9.17) is 23.2 Å². The van der Waals surface area contributed by atoms with Crippen molar-refractivity contribution in [3.63, 3.8) is 0 Å². The fourth-order valence-corrected chi connectivity index (χ4v) is 2.04. The van der Waals surface area contributed by atoms with Crippen molar-refractivity contribution in [2.24, 2.45) is 0 Å². The van der Waals surface area contributed by atoms with E-state index in [9.17, 15) is 9.90 Å². The molecule has 0 aliphatic rings. The van der Waals surface area contributed by atoms with Gasteiger partial charge in [-0.2, -0.15) is 0 Å². The van der Waals surface area contributed by atoms with E-state index in [2.05, 4.69) is 5.32 Å². The van der Waals surface area contributed by atoms with Crippen LogP contribution in [0.5, 0.6) is 0 Å². The third-order valence-corrected chi connectivity index (χ3v) is 3.16. The Bertz CT molecular complexity index is 433. The van der Waals surface area contributed by atoms with E-state index in [-0.39, 0.29) is 12.5 Å². The minimum atomic E-state index is -0.907. The molecule has 0 heterocycles. The van der Waals surface area contributed by atoms with Gasteiger partial charge < -0.3 is 10.4 Å². The average Bonchev–Trinajstić information content (AvgIpc) is 2.29. The molecule has 0 saturated heterocycles. The maximum absolute atomic E-state index is 11.9. The van der Waals surface area contributed by atoms with Crippen molar-refractivity contribution in [1.82, 2.24) is 5.32 Å². The number of carbonyl (C=O) groups excluding carboxylic acids is 1. The molecule has 1 aromatic rings. The standard InChI is InChI=1S/C13H17Cl2NO2/c1-3-6-13(2,18)8-16-12(17)10-7-9(14)4-5-11(10)15/h4-5,7,18H,3,6,8H2,1-2H3,(H,16,17). The maximum atomic E-state index is 11.9. The quantitative estimate of drug-likeness (QED) is 0.874. The molecule has 1 aromatic carbocycles. The topological polar surface area (TPSA) is 49.3 Å². The minimum absolute atomic E-state index is 0.183. The molecule has 100 valence electrons. The van der Waals surface area contributed by atoms with Crippen molar-refractivity contribution in [2.75, 3.05) is 6.54 Å². The largest absolute Gasteiger partial charge is 0.388 e. The minimum Gasteiger partial charge on any atom is -0.388 e. The first-order valence-corrected chi connectivity index (χ1v) is 6.57. The summed E-state index contributed by atoms with van der Waals surface area (Å²) in [6, 6.07) is 4.70. The highest BCUT2D eigenvalue weighted by Crippen LogP contribution is 2.20. The summed E-state index contributed by atoms with van der Waals surface area (Å²) in [5.74, 6) is -0.334. The van der Waals surface area contributed by atoms with Crippen LogP contribution < -0.4 is 5.32 Å². The second-order valence-electron chi connectivity index (χ2n) is 4.55. The second-order valence-corrected chi connectivity index (χ2v) is 5.40. The van der Waals surface area contributed by atoms with Gasteiger partial charge in [0.2, 0.25) is 0 Å². The van der Waals surface area contributed by atoms with Crippen molar-refractivity contribution in [3.8, 4) is 0 Å². The molecule has 0 fully saturated rings. The first kappa shape index (κ1) is 15.3. The van der Waals surface area contributed by atoms with E-state index >= 15 is 0 Å². The number of carbonyl (C=O) groups is 1. The molecule has 1 unspecified atom stereocenters. The van der Waals surface area contributed by atoms with Crippen LogP contribution in [-0.2, 0) is 0 Å². The maximum Gasteiger partial charge on any atom is 0.252 e. The Morgan fingerprint density at radius 1 is 1.44 bits per heavy atom. The third-order valence-electron chi connectivity index (χ3n) is 2.59. The summed E-state index contributed by atoms with van der Waals surface area (Å²) < 4.78 is 0. The van der Waals surface area contributed by atoms with E-state index in [0.29, 0.717) is 22.0 Å². The molecular formula is C13H17Cl2NO2. The van der Waals surface area contributed by atoms with Crippen LogP contribution in [-0.4, -0.2) is 23.2 Å². The van der Waals surface area contributed by atoms with Gasteiger partial charge in [-0.25, -0.2) is 0 Å². The number of aliphatic hydroxyl groups is 1. The summed E-state index contributed by atoms with van der Waals surface area (Å²) in [5.41, 5.74) is -0.591. The molecule has 0 bridgehead atoms. The Morgan fingerprint density at radius 3 is 2.72 bits per heavy atom. The number of rotatable bonds is 5. The summed E-state index contributed by atoms with van der Waals surface area (Å²) in [6.45, 7) is 3.85. The third kappa shape index (κ3) is 4.48. The number of nitrogens with one attached hydrogen (secondary N) is 1. The highest BCUT2D eigenvalue weighted by atomic mass is 35.5. The summed E-state index contributed by atoms with van der Waals surface area (Å²) in [4.78, 5) is 11.9. The highest BCUT2D eigenvalue weighted by Gasteiger charge is 2.21. The smallest absolute Gasteiger partial charge is 0.252 e. The zero-order valence-electron chi connectivity index (χ0n) is 10.5. The lowest BCUT2D eigenvalue weighted by Crippen LogP contribution is -2.40. The van der Waals surface area contributed by atoms with E-state index in [1.807, 2.05) is 6.92 Å². The monoisotopic (exact) mass is 289 g/mol. The predicted octanol–water partition coefficient (Wildman–Crippen LogP) is 3.27. The molecule has 0 spiro atoms. The fourth-order valence-electron chi connectivity index (χ4n) is 1.66. The van der Waals surface area contributed by atoms with Crippen molar-refractivity contribution in [3.05, 3.63) is 33.8 Å². The molecule has 0 aromatic heterocycles. The van der Waals surface area contributed by atoms with Gasteiger partial charge in [0.05, 0.1) is 16.2 Å². The summed E-state index contributed by atoms with van der Waals surface area (Å²) >= 11 is 11.7. The van der Waals surface area contributed by atoms with E-state index in [0.717, 1.165) is 6.42 Å². The molecule has 0 radical (unpaired) electrons. The zero-order chi connectivity index (χ0) is 13.8. The van der Waals surface area contributed by atoms with Gasteiger partial charge in [-0.1, -0.05) is 36.5 Å². The van der Waals surface area contributed by atoms with E-state index in [1.54, 1.807) is 19.1 Å².